The number of ether oxygens (including phenoxy) is 1. The maximum atomic E-state index is 11.4. The Morgan fingerprint density at radius 1 is 1.35 bits per heavy atom. The Morgan fingerprint density at radius 2 is 2.12 bits per heavy atom. The number of carbonyl (C=O) groups excluding carboxylic acids is 2. The lowest BCUT2D eigenvalue weighted by atomic mass is 10.0. The Hall–Kier alpha value is -1.84. The summed E-state index contributed by atoms with van der Waals surface area (Å²) < 4.78 is 5.58. The van der Waals surface area contributed by atoms with Gasteiger partial charge in [-0.1, -0.05) is 18.2 Å². The molecule has 0 fully saturated rings. The molecule has 0 radical (unpaired) electrons. The first-order valence-corrected chi connectivity index (χ1v) is 5.71. The van der Waals surface area contributed by atoms with E-state index in [1.54, 1.807) is 0 Å². The fourth-order valence-electron chi connectivity index (χ4n) is 1.93. The average Bonchev–Trinajstić information content (AvgIpc) is 2.52. The average molecular weight is 233 g/mol. The summed E-state index contributed by atoms with van der Waals surface area (Å²) in [6, 6.07) is 7.47. The van der Waals surface area contributed by atoms with Crippen molar-refractivity contribution in [3.8, 4) is 5.75 Å². The quantitative estimate of drug-likeness (QED) is 0.789. The lowest BCUT2D eigenvalue weighted by molar-refractivity contribution is -0.137. The van der Waals surface area contributed by atoms with E-state index >= 15 is 0 Å². The molecule has 0 bridgehead atoms. The molecule has 1 aliphatic heterocycles. The first-order valence-electron chi connectivity index (χ1n) is 5.71. The van der Waals surface area contributed by atoms with Gasteiger partial charge in [-0.15, -0.1) is 0 Å². The van der Waals surface area contributed by atoms with Crippen molar-refractivity contribution < 1.29 is 14.3 Å². The van der Waals surface area contributed by atoms with E-state index in [2.05, 4.69) is 5.32 Å². The van der Waals surface area contributed by atoms with Crippen LogP contribution >= 0.6 is 0 Å². The second-order valence-electron chi connectivity index (χ2n) is 4.11. The zero-order valence-electron chi connectivity index (χ0n) is 9.73. The van der Waals surface area contributed by atoms with Gasteiger partial charge < -0.3 is 10.1 Å². The second kappa shape index (κ2) is 4.99. The molecule has 1 amide bonds. The van der Waals surface area contributed by atoms with Crippen LogP contribution in [0.25, 0.3) is 0 Å². The van der Waals surface area contributed by atoms with E-state index in [-0.39, 0.29) is 6.04 Å². The highest BCUT2D eigenvalue weighted by Gasteiger charge is 2.22. The third-order valence-corrected chi connectivity index (χ3v) is 2.81. The number of rotatable bonds is 2. The maximum absolute atomic E-state index is 11.4. The molecule has 0 saturated heterocycles. The molecule has 90 valence electrons. The Bertz CT molecular complexity index is 442. The Kier molecular flexibility index (Phi) is 3.42. The van der Waals surface area contributed by atoms with Crippen LogP contribution in [0.15, 0.2) is 24.3 Å². The van der Waals surface area contributed by atoms with Crippen molar-refractivity contribution in [2.24, 2.45) is 0 Å². The van der Waals surface area contributed by atoms with Crippen LogP contribution in [-0.4, -0.2) is 18.3 Å². The number of fused-ring (bicyclic) bond motifs is 1. The van der Waals surface area contributed by atoms with E-state index in [1.807, 2.05) is 24.3 Å². The van der Waals surface area contributed by atoms with Crippen molar-refractivity contribution in [3.05, 3.63) is 29.8 Å². The van der Waals surface area contributed by atoms with Crippen LogP contribution in [0.5, 0.6) is 5.75 Å². The standard InChI is InChI=1S/C13H15NO3/c1-9(15)13(16)14-11-6-4-8-17-12-7-3-2-5-10(11)12/h2-3,5,7,11H,4,6,8H2,1H3,(H,14,16). The van der Waals surface area contributed by atoms with Crippen molar-refractivity contribution in [2.45, 2.75) is 25.8 Å². The lowest BCUT2D eigenvalue weighted by Crippen LogP contribution is -2.32. The van der Waals surface area contributed by atoms with Crippen LogP contribution in [0.1, 0.15) is 31.4 Å². The van der Waals surface area contributed by atoms with E-state index in [0.29, 0.717) is 6.61 Å². The van der Waals surface area contributed by atoms with Crippen LogP contribution in [0, 0.1) is 0 Å². The number of hydrogen-bond acceptors (Lipinski definition) is 3. The highest BCUT2D eigenvalue weighted by atomic mass is 16.5. The third kappa shape index (κ3) is 2.64. The van der Waals surface area contributed by atoms with Gasteiger partial charge in [0.1, 0.15) is 5.75 Å². The number of amides is 1. The molecule has 0 saturated carbocycles. The fourth-order valence-corrected chi connectivity index (χ4v) is 1.93. The summed E-state index contributed by atoms with van der Waals surface area (Å²) in [6.45, 7) is 1.91. The molecule has 17 heavy (non-hydrogen) atoms. The molecular weight excluding hydrogens is 218 g/mol. The number of para-hydroxylation sites is 1. The smallest absolute Gasteiger partial charge is 0.287 e. The van der Waals surface area contributed by atoms with Gasteiger partial charge in [0.05, 0.1) is 12.6 Å². The predicted octanol–water partition coefficient (Wildman–Crippen LogP) is 1.61. The summed E-state index contributed by atoms with van der Waals surface area (Å²) >= 11 is 0. The van der Waals surface area contributed by atoms with Crippen LogP contribution in [0.2, 0.25) is 0 Å². The molecule has 0 aromatic heterocycles. The molecule has 2 rings (SSSR count). The van der Waals surface area contributed by atoms with E-state index in [0.717, 1.165) is 24.2 Å². The summed E-state index contributed by atoms with van der Waals surface area (Å²) in [5.74, 6) is -0.210. The summed E-state index contributed by atoms with van der Waals surface area (Å²) in [4.78, 5) is 22.4. The van der Waals surface area contributed by atoms with E-state index < -0.39 is 11.7 Å². The predicted molar refractivity (Wildman–Crippen MR) is 62.7 cm³/mol. The molecule has 1 heterocycles. The highest BCUT2D eigenvalue weighted by molar-refractivity contribution is 6.35. The summed E-state index contributed by atoms with van der Waals surface area (Å²) in [7, 11) is 0. The Morgan fingerprint density at radius 3 is 2.88 bits per heavy atom. The summed E-state index contributed by atoms with van der Waals surface area (Å²) in [5.41, 5.74) is 0.944. The zero-order valence-corrected chi connectivity index (χ0v) is 9.73. The third-order valence-electron chi connectivity index (χ3n) is 2.81. The minimum absolute atomic E-state index is 0.134. The molecule has 1 unspecified atom stereocenters. The van der Waals surface area contributed by atoms with Gasteiger partial charge in [-0.05, 0) is 18.9 Å². The van der Waals surface area contributed by atoms with Gasteiger partial charge in [0.2, 0.25) is 5.78 Å². The topological polar surface area (TPSA) is 55.4 Å². The van der Waals surface area contributed by atoms with Gasteiger partial charge in [0.15, 0.2) is 0 Å². The monoisotopic (exact) mass is 233 g/mol. The number of carbonyl (C=O) groups is 2. The van der Waals surface area contributed by atoms with Gasteiger partial charge in [0.25, 0.3) is 5.91 Å². The molecule has 1 N–H and O–H groups in total. The van der Waals surface area contributed by atoms with Gasteiger partial charge in [-0.25, -0.2) is 0 Å². The first-order chi connectivity index (χ1) is 8.18. The lowest BCUT2D eigenvalue weighted by Gasteiger charge is -2.17. The minimum Gasteiger partial charge on any atom is -0.493 e. The number of nitrogens with one attached hydrogen (secondary N) is 1. The van der Waals surface area contributed by atoms with Gasteiger partial charge >= 0.3 is 0 Å². The van der Waals surface area contributed by atoms with Gasteiger partial charge in [-0.3, -0.25) is 9.59 Å². The number of hydrogen-bond donors (Lipinski definition) is 1. The van der Waals surface area contributed by atoms with Crippen molar-refractivity contribution in [1.82, 2.24) is 5.32 Å². The van der Waals surface area contributed by atoms with Gasteiger partial charge in [0, 0.05) is 12.5 Å². The van der Waals surface area contributed by atoms with Crippen molar-refractivity contribution >= 4 is 11.7 Å². The van der Waals surface area contributed by atoms with E-state index in [4.69, 9.17) is 4.74 Å². The molecule has 1 aliphatic rings. The summed E-state index contributed by atoms with van der Waals surface area (Å²) in [5, 5.41) is 2.75. The number of ketones is 1. The fraction of sp³-hybridized carbons (Fsp3) is 0.385. The van der Waals surface area contributed by atoms with Crippen LogP contribution in [0.3, 0.4) is 0 Å². The second-order valence-corrected chi connectivity index (χ2v) is 4.11. The van der Waals surface area contributed by atoms with E-state index in [9.17, 15) is 9.59 Å². The van der Waals surface area contributed by atoms with Crippen LogP contribution < -0.4 is 10.1 Å². The minimum atomic E-state index is -0.535. The van der Waals surface area contributed by atoms with Crippen molar-refractivity contribution in [2.75, 3.05) is 6.61 Å². The summed E-state index contributed by atoms with van der Waals surface area (Å²) in [6.07, 6.45) is 1.65. The normalized spacial score (nSPS) is 18.5. The Balaban J connectivity index is 2.23. The molecule has 1 atom stereocenters. The molecule has 4 nitrogen and oxygen atoms in total. The Labute approximate surface area is 100.0 Å². The SMILES string of the molecule is CC(=O)C(=O)NC1CCCOc2ccccc21. The molecule has 0 spiro atoms. The zero-order chi connectivity index (χ0) is 12.3. The highest BCUT2D eigenvalue weighted by Crippen LogP contribution is 2.30. The first kappa shape index (κ1) is 11.6. The molecule has 1 aromatic carbocycles. The van der Waals surface area contributed by atoms with E-state index in [1.165, 1.54) is 6.92 Å². The van der Waals surface area contributed by atoms with Gasteiger partial charge in [-0.2, -0.15) is 0 Å². The van der Waals surface area contributed by atoms with Crippen LogP contribution in [-0.2, 0) is 9.59 Å². The molecule has 0 aliphatic carbocycles. The van der Waals surface area contributed by atoms with Crippen LogP contribution in [0.4, 0.5) is 0 Å². The maximum Gasteiger partial charge on any atom is 0.287 e. The molecular formula is C13H15NO3. The van der Waals surface area contributed by atoms with Crippen molar-refractivity contribution in [3.63, 3.8) is 0 Å². The largest absolute Gasteiger partial charge is 0.493 e. The molecule has 1 aromatic rings. The number of Topliss-reactive ketones (excluding diaryl/α,β-unsaturated/α-hetero) is 1. The molecule has 4 heteroatoms. The van der Waals surface area contributed by atoms with Crippen molar-refractivity contribution in [1.29, 1.82) is 0 Å². The number of benzene rings is 1.